The second-order valence-electron chi connectivity index (χ2n) is 6.07. The van der Waals surface area contributed by atoms with Gasteiger partial charge in [0.25, 0.3) is 0 Å². The molecule has 0 aromatic heterocycles. The highest BCUT2D eigenvalue weighted by Crippen LogP contribution is 2.30. The van der Waals surface area contributed by atoms with Crippen LogP contribution in [0.15, 0.2) is 53.4 Å². The summed E-state index contributed by atoms with van der Waals surface area (Å²) < 4.78 is 48.4. The number of carboxylic acid groups (broad SMARTS) is 1. The van der Waals surface area contributed by atoms with Gasteiger partial charge in [-0.3, -0.25) is 0 Å². The van der Waals surface area contributed by atoms with Crippen molar-refractivity contribution in [2.24, 2.45) is 5.92 Å². The molecule has 2 aromatic carbocycles. The van der Waals surface area contributed by atoms with Crippen molar-refractivity contribution in [2.45, 2.75) is 38.3 Å². The molecule has 0 saturated carbocycles. The molecule has 0 spiro atoms. The van der Waals surface area contributed by atoms with Crippen molar-refractivity contribution in [1.82, 2.24) is 0 Å². The van der Waals surface area contributed by atoms with Crippen LogP contribution >= 0.6 is 11.8 Å². The summed E-state index contributed by atoms with van der Waals surface area (Å²) in [5, 5.41) is 8.59. The summed E-state index contributed by atoms with van der Waals surface area (Å²) in [6.07, 6.45) is -3.48. The summed E-state index contributed by atoms with van der Waals surface area (Å²) in [5.74, 6) is 0.889. The van der Waals surface area contributed by atoms with Gasteiger partial charge in [-0.25, -0.2) is 4.79 Å². The Hall–Kier alpha value is -2.35. The number of thioether (sulfide) groups is 1. The van der Waals surface area contributed by atoms with Crippen LogP contribution < -0.4 is 9.47 Å². The van der Waals surface area contributed by atoms with Crippen molar-refractivity contribution < 1.29 is 32.5 Å². The zero-order chi connectivity index (χ0) is 22.6. The number of aliphatic carboxylic acids is 1. The third kappa shape index (κ3) is 9.43. The smallest absolute Gasteiger partial charge is 0.416 e. The molecule has 0 heterocycles. The van der Waals surface area contributed by atoms with Gasteiger partial charge in [0, 0.05) is 16.6 Å². The fourth-order valence-electron chi connectivity index (χ4n) is 2.23. The van der Waals surface area contributed by atoms with Gasteiger partial charge in [-0.15, -0.1) is 11.8 Å². The van der Waals surface area contributed by atoms with E-state index in [1.165, 1.54) is 12.1 Å². The molecule has 0 aliphatic carbocycles. The van der Waals surface area contributed by atoms with Crippen LogP contribution in [0.4, 0.5) is 13.2 Å². The highest BCUT2D eigenvalue weighted by molar-refractivity contribution is 7.99. The third-order valence-electron chi connectivity index (χ3n) is 3.92. The monoisotopic (exact) mass is 444 g/mol. The molecular formula is C22H27F3O4S. The number of carbonyl (C=O) groups is 1. The van der Waals surface area contributed by atoms with E-state index < -0.39 is 17.7 Å². The Morgan fingerprint density at radius 1 is 1.00 bits per heavy atom. The van der Waals surface area contributed by atoms with E-state index in [0.717, 1.165) is 29.2 Å². The first-order valence-electron chi connectivity index (χ1n) is 9.65. The molecule has 0 fully saturated rings. The minimum absolute atomic E-state index is 0.232. The van der Waals surface area contributed by atoms with Crippen molar-refractivity contribution in [3.05, 3.63) is 54.1 Å². The first-order valence-corrected chi connectivity index (χ1v) is 10.6. The number of alkyl halides is 3. The third-order valence-corrected chi connectivity index (χ3v) is 5.16. The standard InChI is InChI=1S/C20H21F3O4S.C2H6/c1-2-14(11-26-16-5-3-15(4-6-16)20(21,22)23)13-28-18-9-7-17(8-10-18)27-12-19(24)25;1-2/h3-10,14H,2,11-13H2,1H3,(H,24,25);1-2H3. The number of carboxylic acids is 1. The van der Waals surface area contributed by atoms with Gasteiger partial charge in [0.2, 0.25) is 0 Å². The number of ether oxygens (including phenoxy) is 2. The normalized spacial score (nSPS) is 11.8. The molecule has 1 atom stereocenters. The quantitative estimate of drug-likeness (QED) is 0.430. The van der Waals surface area contributed by atoms with Crippen LogP contribution in [-0.4, -0.2) is 30.0 Å². The highest BCUT2D eigenvalue weighted by atomic mass is 32.2. The van der Waals surface area contributed by atoms with E-state index in [1.807, 2.05) is 32.9 Å². The molecule has 0 aliphatic rings. The highest BCUT2D eigenvalue weighted by Gasteiger charge is 2.30. The van der Waals surface area contributed by atoms with Gasteiger partial charge in [0.1, 0.15) is 11.5 Å². The summed E-state index contributed by atoms with van der Waals surface area (Å²) in [4.78, 5) is 11.5. The van der Waals surface area contributed by atoms with Gasteiger partial charge in [-0.05, 0) is 55.0 Å². The summed E-state index contributed by atoms with van der Waals surface area (Å²) >= 11 is 1.63. The van der Waals surface area contributed by atoms with Crippen LogP contribution in [0.3, 0.4) is 0 Å². The molecular weight excluding hydrogens is 417 g/mol. The van der Waals surface area contributed by atoms with Crippen LogP contribution in [0.2, 0.25) is 0 Å². The van der Waals surface area contributed by atoms with E-state index in [9.17, 15) is 18.0 Å². The molecule has 0 saturated heterocycles. The molecule has 0 bridgehead atoms. The Kier molecular flexibility index (Phi) is 11.2. The van der Waals surface area contributed by atoms with Gasteiger partial charge in [0.05, 0.1) is 12.2 Å². The average Bonchev–Trinajstić information content (AvgIpc) is 2.74. The number of hydrogen-bond donors (Lipinski definition) is 1. The fourth-order valence-corrected chi connectivity index (χ4v) is 3.32. The van der Waals surface area contributed by atoms with Gasteiger partial charge < -0.3 is 14.6 Å². The van der Waals surface area contributed by atoms with Crippen LogP contribution in [-0.2, 0) is 11.0 Å². The molecule has 8 heteroatoms. The lowest BCUT2D eigenvalue weighted by atomic mass is 10.1. The van der Waals surface area contributed by atoms with E-state index in [-0.39, 0.29) is 12.5 Å². The van der Waals surface area contributed by atoms with E-state index in [2.05, 4.69) is 0 Å². The van der Waals surface area contributed by atoms with Crippen molar-refractivity contribution in [1.29, 1.82) is 0 Å². The van der Waals surface area contributed by atoms with Gasteiger partial charge >= 0.3 is 12.1 Å². The van der Waals surface area contributed by atoms with Gasteiger partial charge in [0.15, 0.2) is 6.61 Å². The molecule has 0 radical (unpaired) electrons. The second kappa shape index (κ2) is 13.1. The number of halogens is 3. The van der Waals surface area contributed by atoms with Crippen LogP contribution in [0.1, 0.15) is 32.8 Å². The number of rotatable bonds is 10. The van der Waals surface area contributed by atoms with Crippen LogP contribution in [0, 0.1) is 5.92 Å². The Morgan fingerprint density at radius 2 is 1.53 bits per heavy atom. The molecule has 30 heavy (non-hydrogen) atoms. The van der Waals surface area contributed by atoms with Crippen molar-refractivity contribution in [3.63, 3.8) is 0 Å². The lowest BCUT2D eigenvalue weighted by molar-refractivity contribution is -0.139. The molecule has 1 N–H and O–H groups in total. The lowest BCUT2D eigenvalue weighted by Crippen LogP contribution is -2.14. The molecule has 2 rings (SSSR count). The van der Waals surface area contributed by atoms with E-state index in [4.69, 9.17) is 14.6 Å². The first-order chi connectivity index (χ1) is 14.3. The average molecular weight is 445 g/mol. The van der Waals surface area contributed by atoms with Crippen molar-refractivity contribution in [2.75, 3.05) is 19.0 Å². The van der Waals surface area contributed by atoms with Gasteiger partial charge in [-0.1, -0.05) is 20.8 Å². The Morgan fingerprint density at radius 3 is 2.03 bits per heavy atom. The summed E-state index contributed by atoms with van der Waals surface area (Å²) in [6, 6.07) is 11.8. The summed E-state index contributed by atoms with van der Waals surface area (Å²) in [6.45, 7) is 6.06. The molecule has 2 aromatic rings. The van der Waals surface area contributed by atoms with Crippen molar-refractivity contribution in [3.8, 4) is 11.5 Å². The fraction of sp³-hybridized carbons (Fsp3) is 0.409. The first kappa shape index (κ1) is 25.7. The minimum atomic E-state index is -4.35. The zero-order valence-electron chi connectivity index (χ0n) is 17.2. The Balaban J connectivity index is 0.00000218. The summed E-state index contributed by atoms with van der Waals surface area (Å²) in [5.41, 5.74) is -0.696. The second-order valence-corrected chi connectivity index (χ2v) is 7.17. The number of benzene rings is 2. The SMILES string of the molecule is CC.CCC(COc1ccc(C(F)(F)F)cc1)CSc1ccc(OCC(=O)O)cc1. The maximum absolute atomic E-state index is 12.6. The number of hydrogen-bond acceptors (Lipinski definition) is 4. The van der Waals surface area contributed by atoms with Gasteiger partial charge in [-0.2, -0.15) is 13.2 Å². The Bertz CT molecular complexity index is 746. The largest absolute Gasteiger partial charge is 0.493 e. The minimum Gasteiger partial charge on any atom is -0.493 e. The van der Waals surface area contributed by atoms with E-state index in [0.29, 0.717) is 18.1 Å². The molecule has 4 nitrogen and oxygen atoms in total. The van der Waals surface area contributed by atoms with Crippen molar-refractivity contribution >= 4 is 17.7 Å². The maximum Gasteiger partial charge on any atom is 0.416 e. The van der Waals surface area contributed by atoms with E-state index >= 15 is 0 Å². The predicted molar refractivity (Wildman–Crippen MR) is 112 cm³/mol. The van der Waals surface area contributed by atoms with E-state index in [1.54, 1.807) is 23.9 Å². The topological polar surface area (TPSA) is 55.8 Å². The zero-order valence-corrected chi connectivity index (χ0v) is 18.1. The summed E-state index contributed by atoms with van der Waals surface area (Å²) in [7, 11) is 0. The van der Waals surface area contributed by atoms with Crippen LogP contribution in [0.5, 0.6) is 11.5 Å². The molecule has 1 unspecified atom stereocenters. The predicted octanol–water partition coefficient (Wildman–Crippen LogP) is 6.39. The maximum atomic E-state index is 12.6. The Labute approximate surface area is 179 Å². The molecule has 0 aliphatic heterocycles. The molecule has 166 valence electrons. The van der Waals surface area contributed by atoms with Crippen LogP contribution in [0.25, 0.3) is 0 Å². The molecule has 0 amide bonds. The lowest BCUT2D eigenvalue weighted by Gasteiger charge is -2.16.